The Morgan fingerprint density at radius 3 is 1.16 bits per heavy atom. The molecule has 4 aromatic carbocycles. The van der Waals surface area contributed by atoms with E-state index in [9.17, 15) is 0 Å². The Balaban J connectivity index is 1.47. The number of halogens is 4. The van der Waals surface area contributed by atoms with Gasteiger partial charge < -0.3 is 0 Å². The maximum absolute atomic E-state index is 8.94. The Bertz CT molecular complexity index is 2580. The van der Waals surface area contributed by atoms with E-state index in [4.69, 9.17) is 49.1 Å². The van der Waals surface area contributed by atoms with Crippen molar-refractivity contribution < 1.29 is 23.8 Å². The number of benzene rings is 4. The van der Waals surface area contributed by atoms with E-state index in [-0.39, 0.29) is 7.25 Å². The summed E-state index contributed by atoms with van der Waals surface area (Å²) in [5, 5.41) is 1.59. The van der Waals surface area contributed by atoms with Gasteiger partial charge in [0, 0.05) is 0 Å². The van der Waals surface area contributed by atoms with Gasteiger partial charge in [0.2, 0.25) is 0 Å². The van der Waals surface area contributed by atoms with E-state index in [1.165, 1.54) is 33.4 Å². The van der Waals surface area contributed by atoms with E-state index in [1.807, 2.05) is 26.0 Å². The molecule has 0 spiro atoms. The molecule has 2 aromatic heterocycles. The van der Waals surface area contributed by atoms with Crippen molar-refractivity contribution in [2.75, 3.05) is 0 Å². The first-order valence-electron chi connectivity index (χ1n) is 19.2. The van der Waals surface area contributed by atoms with Gasteiger partial charge in [-0.2, -0.15) is 0 Å². The molecule has 8 heteroatoms. The van der Waals surface area contributed by atoms with Crippen molar-refractivity contribution in [2.45, 2.75) is 75.7 Å². The monoisotopic (exact) mass is 912 g/mol. The van der Waals surface area contributed by atoms with Gasteiger partial charge in [-0.25, -0.2) is 0 Å². The second-order valence-corrected chi connectivity index (χ2v) is 55.9. The number of hydrogen-bond donors (Lipinski definition) is 0. The summed E-state index contributed by atoms with van der Waals surface area (Å²) >= 11 is 8.04. The first-order valence-corrected chi connectivity index (χ1v) is 35.3. The van der Waals surface area contributed by atoms with Crippen molar-refractivity contribution in [3.05, 3.63) is 162 Å². The minimum absolute atomic E-state index is 0.266. The average molecular weight is 916 g/mol. The number of allylic oxidation sites excluding steroid dienone is 2. The summed E-state index contributed by atoms with van der Waals surface area (Å²) in [5.74, 6) is 3.32. The predicted molar refractivity (Wildman–Crippen MR) is 239 cm³/mol. The summed E-state index contributed by atoms with van der Waals surface area (Å²) in [7, 11) is 17.9. The van der Waals surface area contributed by atoms with E-state index >= 15 is 0 Å². The first kappa shape index (κ1) is 40.0. The van der Waals surface area contributed by atoms with E-state index in [0.29, 0.717) is 0 Å². The van der Waals surface area contributed by atoms with Crippen molar-refractivity contribution in [1.82, 2.24) is 0 Å². The molecular weight excluding hydrogens is 870 g/mol. The van der Waals surface area contributed by atoms with Crippen molar-refractivity contribution in [1.29, 1.82) is 0 Å². The Morgan fingerprint density at radius 2 is 0.857 bits per heavy atom. The summed E-state index contributed by atoms with van der Waals surface area (Å²) < 4.78 is 12.6. The van der Waals surface area contributed by atoms with E-state index in [2.05, 4.69) is 127 Å². The number of furan rings is 2. The van der Waals surface area contributed by atoms with Crippen LogP contribution in [0.25, 0.3) is 45.6 Å². The molecule has 0 aliphatic heterocycles. The molecule has 0 fully saturated rings. The zero-order chi connectivity index (χ0) is 40.2. The number of hydrogen-bond acceptors (Lipinski definition) is 2. The van der Waals surface area contributed by atoms with Crippen LogP contribution in [0.4, 0.5) is 0 Å². The fraction of sp³-hybridized carbons (Fsp3) is 0.250. The third-order valence-electron chi connectivity index (χ3n) is 12.3. The second kappa shape index (κ2) is 14.2. The molecule has 2 nitrogen and oxygen atoms in total. The van der Waals surface area contributed by atoms with Crippen LogP contribution in [0.15, 0.2) is 81.6 Å². The molecule has 0 bridgehead atoms. The fourth-order valence-electron chi connectivity index (χ4n) is 9.55. The van der Waals surface area contributed by atoms with Crippen LogP contribution in [-0.4, -0.2) is 5.43 Å². The van der Waals surface area contributed by atoms with Gasteiger partial charge in [0.05, 0.1) is 0 Å². The van der Waals surface area contributed by atoms with Gasteiger partial charge in [0.25, 0.3) is 0 Å². The Kier molecular flexibility index (Phi) is 10.1. The summed E-state index contributed by atoms with van der Waals surface area (Å²) in [5.41, 5.74) is 16.5. The normalized spacial score (nSPS) is 16.6. The molecule has 2 aliphatic carbocycles. The van der Waals surface area contributed by atoms with Crippen LogP contribution in [0.2, 0.25) is 23.1 Å². The molecule has 0 saturated carbocycles. The molecule has 2 heterocycles. The summed E-state index contributed by atoms with van der Waals surface area (Å²) in [6.45, 7) is 21.4. The van der Waals surface area contributed by atoms with Gasteiger partial charge in [-0.3, -0.25) is 0 Å². The summed E-state index contributed by atoms with van der Waals surface area (Å²) in [4.78, 5) is 0. The van der Waals surface area contributed by atoms with E-state index < -0.39 is 20.4 Å². The molecule has 8 rings (SSSR count). The maximum atomic E-state index is 8.94. The molecule has 286 valence electrons. The molecule has 0 saturated heterocycles. The molecule has 2 atom stereocenters. The van der Waals surface area contributed by atoms with Crippen LogP contribution in [0, 0.1) is 55.4 Å². The SMILES string of the molecule is Cc1ccc(C2=Cc3c(ccc(C)c3-c3cc(C)c(Cl)c(C)c3)[CH]2[Zr]([Cl])([Cl])([CH]2C(c3ccc(C)o3)=Cc3c2ccc(C)c3-c2cc(C)c(Cl)c(C)c2)=[Si](C)C)o1. The Labute approximate surface area is 349 Å². The standard InChI is InChI=1S/2C23H20ClO.C2H6Si.2ClH.Zr/c2*1-13-5-7-17-11-18(21-8-6-16(4)25-21)12-20(17)22(13)19-9-14(2)23(24)15(3)10-19;1-3-2;;;/h2*5-12H,1-4H3;1-2H3;2*1H;/q;;;;;+2/p-2. The average Bonchev–Trinajstić information content (AvgIpc) is 3.94. The fourth-order valence-corrected chi connectivity index (χ4v) is 37.5. The summed E-state index contributed by atoms with van der Waals surface area (Å²) in [6, 6.07) is 26.1. The quantitative estimate of drug-likeness (QED) is 0.156. The number of fused-ring (bicyclic) bond motifs is 2. The Morgan fingerprint density at radius 1 is 0.500 bits per heavy atom. The molecule has 0 radical (unpaired) electrons. The molecule has 56 heavy (non-hydrogen) atoms. The topological polar surface area (TPSA) is 26.3 Å². The predicted octanol–water partition coefficient (Wildman–Crippen LogP) is 16.1. The van der Waals surface area contributed by atoms with Crippen LogP contribution in [0.5, 0.6) is 0 Å². The van der Waals surface area contributed by atoms with Gasteiger partial charge in [-0.15, -0.1) is 0 Å². The van der Waals surface area contributed by atoms with Crippen molar-refractivity contribution in [2.24, 2.45) is 0 Å². The number of aryl methyl sites for hydroxylation is 8. The van der Waals surface area contributed by atoms with Crippen LogP contribution < -0.4 is 0 Å². The third-order valence-corrected chi connectivity index (χ3v) is 59.8. The van der Waals surface area contributed by atoms with Gasteiger partial charge in [-0.1, -0.05) is 0 Å². The molecule has 0 amide bonds. The van der Waals surface area contributed by atoms with E-state index in [1.54, 1.807) is 0 Å². The van der Waals surface area contributed by atoms with Crippen LogP contribution in [0.1, 0.15) is 85.9 Å². The minimum atomic E-state index is -5.43. The third kappa shape index (κ3) is 6.11. The second-order valence-electron chi connectivity index (χ2n) is 16.4. The van der Waals surface area contributed by atoms with Gasteiger partial charge in [-0.05, 0) is 0 Å². The molecular formula is C48H46Cl4O2SiZr. The van der Waals surface area contributed by atoms with Crippen molar-refractivity contribution in [3.8, 4) is 22.3 Å². The molecule has 2 unspecified atom stereocenters. The molecule has 2 aliphatic rings. The van der Waals surface area contributed by atoms with Crippen molar-refractivity contribution in [3.63, 3.8) is 0 Å². The summed E-state index contributed by atoms with van der Waals surface area (Å²) in [6.07, 6.45) is 4.66. The zero-order valence-corrected chi connectivity index (χ0v) is 40.0. The van der Waals surface area contributed by atoms with Gasteiger partial charge in [0.1, 0.15) is 0 Å². The van der Waals surface area contributed by atoms with Crippen LogP contribution in [-0.2, 0) is 15.0 Å². The van der Waals surface area contributed by atoms with Crippen molar-refractivity contribution >= 4 is 69.0 Å². The molecule has 6 aromatic rings. The first-order chi connectivity index (χ1) is 26.4. The zero-order valence-electron chi connectivity index (χ0n) is 33.6. The van der Waals surface area contributed by atoms with Gasteiger partial charge in [0.15, 0.2) is 0 Å². The Hall–Kier alpha value is -2.82. The van der Waals surface area contributed by atoms with E-state index in [0.717, 1.165) is 88.7 Å². The number of rotatable bonds is 6. The van der Waals surface area contributed by atoms with Gasteiger partial charge >= 0.3 is 352 Å². The van der Waals surface area contributed by atoms with Crippen LogP contribution >= 0.6 is 40.2 Å². The van der Waals surface area contributed by atoms with Crippen LogP contribution in [0.3, 0.4) is 0 Å². The molecule has 0 N–H and O–H groups in total.